The fourth-order valence-corrected chi connectivity index (χ4v) is 1.40. The second-order valence-corrected chi connectivity index (χ2v) is 4.13. The van der Waals surface area contributed by atoms with Crippen molar-refractivity contribution in [2.45, 2.75) is 20.3 Å². The molecule has 1 amide bonds. The summed E-state index contributed by atoms with van der Waals surface area (Å²) < 4.78 is 4.48. The summed E-state index contributed by atoms with van der Waals surface area (Å²) in [7, 11) is 1.31. The Hall–Kier alpha value is -1.84. The van der Waals surface area contributed by atoms with E-state index in [2.05, 4.69) is 29.1 Å². The number of hydrogen-bond donors (Lipinski definition) is 1. The lowest BCUT2D eigenvalue weighted by atomic mass is 10.0. The van der Waals surface area contributed by atoms with E-state index in [1.807, 2.05) is 30.3 Å². The van der Waals surface area contributed by atoms with Crippen LogP contribution in [0.3, 0.4) is 0 Å². The van der Waals surface area contributed by atoms with E-state index >= 15 is 0 Å². The molecule has 0 aliphatic carbocycles. The van der Waals surface area contributed by atoms with Gasteiger partial charge in [-0.2, -0.15) is 5.10 Å². The van der Waals surface area contributed by atoms with Crippen LogP contribution in [0.15, 0.2) is 35.4 Å². The van der Waals surface area contributed by atoms with Crippen molar-refractivity contribution in [2.75, 3.05) is 7.11 Å². The van der Waals surface area contributed by atoms with Crippen LogP contribution in [0, 0.1) is 5.92 Å². The molecule has 4 nitrogen and oxygen atoms in total. The highest BCUT2D eigenvalue weighted by molar-refractivity contribution is 6.00. The number of nitrogens with zero attached hydrogens (tertiary/aromatic N) is 1. The zero-order valence-electron chi connectivity index (χ0n) is 10.4. The molecular formula is C13H18N2O2. The number of methoxy groups -OCH3 is 1. The Morgan fingerprint density at radius 3 is 2.53 bits per heavy atom. The van der Waals surface area contributed by atoms with Gasteiger partial charge >= 0.3 is 6.09 Å². The Morgan fingerprint density at radius 1 is 1.35 bits per heavy atom. The molecule has 0 saturated carbocycles. The van der Waals surface area contributed by atoms with Gasteiger partial charge in [0.15, 0.2) is 0 Å². The summed E-state index contributed by atoms with van der Waals surface area (Å²) in [5, 5.41) is 4.10. The smallest absolute Gasteiger partial charge is 0.427 e. The Labute approximate surface area is 102 Å². The predicted octanol–water partition coefficient (Wildman–Crippen LogP) is 2.79. The lowest BCUT2D eigenvalue weighted by Gasteiger charge is -2.09. The first-order valence-corrected chi connectivity index (χ1v) is 5.59. The van der Waals surface area contributed by atoms with E-state index in [0.717, 1.165) is 17.7 Å². The molecule has 0 aromatic heterocycles. The lowest BCUT2D eigenvalue weighted by molar-refractivity contribution is 0.171. The Bertz CT molecular complexity index is 386. The first kappa shape index (κ1) is 13.2. The van der Waals surface area contributed by atoms with E-state index in [4.69, 9.17) is 0 Å². The van der Waals surface area contributed by atoms with Gasteiger partial charge in [-0.25, -0.2) is 10.2 Å². The van der Waals surface area contributed by atoms with Gasteiger partial charge in [0.05, 0.1) is 12.8 Å². The number of amides is 1. The molecule has 0 radical (unpaired) electrons. The zero-order valence-corrected chi connectivity index (χ0v) is 10.4. The van der Waals surface area contributed by atoms with Gasteiger partial charge in [-0.3, -0.25) is 0 Å². The van der Waals surface area contributed by atoms with Crippen LogP contribution in [0.25, 0.3) is 0 Å². The fraction of sp³-hybridized carbons (Fsp3) is 0.385. The van der Waals surface area contributed by atoms with E-state index in [0.29, 0.717) is 5.92 Å². The number of hydrazone groups is 1. The van der Waals surface area contributed by atoms with Crippen molar-refractivity contribution in [3.63, 3.8) is 0 Å². The SMILES string of the molecule is COC(=O)NN=C(CC(C)C)c1ccccc1. The molecule has 0 spiro atoms. The maximum absolute atomic E-state index is 11.0. The number of nitrogens with one attached hydrogen (secondary N) is 1. The molecule has 1 rings (SSSR count). The highest BCUT2D eigenvalue weighted by atomic mass is 16.5. The van der Waals surface area contributed by atoms with Crippen molar-refractivity contribution in [3.8, 4) is 0 Å². The number of ether oxygens (including phenoxy) is 1. The van der Waals surface area contributed by atoms with Crippen LogP contribution in [0.2, 0.25) is 0 Å². The van der Waals surface area contributed by atoms with Crippen LogP contribution >= 0.6 is 0 Å². The number of hydrogen-bond acceptors (Lipinski definition) is 3. The summed E-state index contributed by atoms with van der Waals surface area (Å²) in [6.45, 7) is 4.22. The molecule has 0 unspecified atom stereocenters. The summed E-state index contributed by atoms with van der Waals surface area (Å²) in [6, 6.07) is 9.79. The molecule has 1 N–H and O–H groups in total. The van der Waals surface area contributed by atoms with E-state index in [9.17, 15) is 4.79 Å². The maximum Gasteiger partial charge on any atom is 0.427 e. The average molecular weight is 234 g/mol. The summed E-state index contributed by atoms with van der Waals surface area (Å²) in [4.78, 5) is 11.0. The summed E-state index contributed by atoms with van der Waals surface area (Å²) in [5.41, 5.74) is 4.23. The molecule has 0 fully saturated rings. The molecule has 0 bridgehead atoms. The molecule has 17 heavy (non-hydrogen) atoms. The molecule has 1 aromatic rings. The van der Waals surface area contributed by atoms with Gasteiger partial charge in [0.1, 0.15) is 0 Å². The Balaban J connectivity index is 2.84. The van der Waals surface area contributed by atoms with Gasteiger partial charge in [0.2, 0.25) is 0 Å². The second-order valence-electron chi connectivity index (χ2n) is 4.13. The number of carbonyl (C=O) groups is 1. The number of rotatable bonds is 4. The number of carbonyl (C=O) groups excluding carboxylic acids is 1. The first-order valence-electron chi connectivity index (χ1n) is 5.59. The third-order valence-corrected chi connectivity index (χ3v) is 2.18. The predicted molar refractivity (Wildman–Crippen MR) is 68.0 cm³/mol. The molecule has 4 heteroatoms. The van der Waals surface area contributed by atoms with Crippen molar-refractivity contribution < 1.29 is 9.53 Å². The standard InChI is InChI=1S/C13H18N2O2/c1-10(2)9-12(14-15-13(16)17-3)11-7-5-4-6-8-11/h4-8,10H,9H2,1-3H3,(H,15,16). The Morgan fingerprint density at radius 2 is 2.00 bits per heavy atom. The molecule has 0 aliphatic heterocycles. The van der Waals surface area contributed by atoms with Crippen molar-refractivity contribution in [1.29, 1.82) is 0 Å². The maximum atomic E-state index is 11.0. The first-order chi connectivity index (χ1) is 8.13. The third-order valence-electron chi connectivity index (χ3n) is 2.18. The highest BCUT2D eigenvalue weighted by Crippen LogP contribution is 2.09. The van der Waals surface area contributed by atoms with Crippen molar-refractivity contribution in [2.24, 2.45) is 11.0 Å². The minimum Gasteiger partial charge on any atom is -0.452 e. The summed E-state index contributed by atoms with van der Waals surface area (Å²) in [6.07, 6.45) is 0.246. The third kappa shape index (κ3) is 4.68. The molecule has 1 aromatic carbocycles. The quantitative estimate of drug-likeness (QED) is 0.643. The van der Waals surface area contributed by atoms with Gasteiger partial charge < -0.3 is 4.74 Å². The van der Waals surface area contributed by atoms with Gasteiger partial charge in [-0.05, 0) is 17.9 Å². The van der Waals surface area contributed by atoms with Crippen LogP contribution in [0.5, 0.6) is 0 Å². The molecule has 0 heterocycles. The van der Waals surface area contributed by atoms with Gasteiger partial charge in [-0.15, -0.1) is 0 Å². The lowest BCUT2D eigenvalue weighted by Crippen LogP contribution is -2.20. The van der Waals surface area contributed by atoms with Crippen molar-refractivity contribution in [3.05, 3.63) is 35.9 Å². The largest absolute Gasteiger partial charge is 0.452 e. The van der Waals surface area contributed by atoms with Gasteiger partial charge in [-0.1, -0.05) is 44.2 Å². The van der Waals surface area contributed by atoms with Crippen LogP contribution in [-0.2, 0) is 4.74 Å². The van der Waals surface area contributed by atoms with Crippen molar-refractivity contribution >= 4 is 11.8 Å². The molecule has 0 atom stereocenters. The normalized spacial score (nSPS) is 11.4. The van der Waals surface area contributed by atoms with Gasteiger partial charge in [0, 0.05) is 0 Å². The van der Waals surface area contributed by atoms with Crippen LogP contribution in [0.4, 0.5) is 4.79 Å². The van der Waals surface area contributed by atoms with E-state index < -0.39 is 6.09 Å². The highest BCUT2D eigenvalue weighted by Gasteiger charge is 2.07. The minimum atomic E-state index is -0.554. The monoisotopic (exact) mass is 234 g/mol. The van der Waals surface area contributed by atoms with Crippen LogP contribution in [-0.4, -0.2) is 18.9 Å². The second kappa shape index (κ2) is 6.68. The fourth-order valence-electron chi connectivity index (χ4n) is 1.40. The van der Waals surface area contributed by atoms with Gasteiger partial charge in [0.25, 0.3) is 0 Å². The molecule has 0 saturated heterocycles. The van der Waals surface area contributed by atoms with E-state index in [-0.39, 0.29) is 0 Å². The minimum absolute atomic E-state index is 0.466. The number of benzene rings is 1. The molecule has 0 aliphatic rings. The summed E-state index contributed by atoms with van der Waals surface area (Å²) >= 11 is 0. The average Bonchev–Trinajstić information content (AvgIpc) is 2.34. The molecule has 92 valence electrons. The Kier molecular flexibility index (Phi) is 5.20. The van der Waals surface area contributed by atoms with Crippen molar-refractivity contribution in [1.82, 2.24) is 5.43 Å². The summed E-state index contributed by atoms with van der Waals surface area (Å²) in [5.74, 6) is 0.466. The van der Waals surface area contributed by atoms with E-state index in [1.54, 1.807) is 0 Å². The van der Waals surface area contributed by atoms with Crippen LogP contribution < -0.4 is 5.43 Å². The topological polar surface area (TPSA) is 50.7 Å². The van der Waals surface area contributed by atoms with Crippen LogP contribution in [0.1, 0.15) is 25.8 Å². The molecular weight excluding hydrogens is 216 g/mol. The van der Waals surface area contributed by atoms with E-state index in [1.165, 1.54) is 7.11 Å². The zero-order chi connectivity index (χ0) is 12.7.